The number of hydrogen-bond acceptors (Lipinski definition) is 7. The highest BCUT2D eigenvalue weighted by Crippen LogP contribution is 2.34. The molecule has 0 spiro atoms. The summed E-state index contributed by atoms with van der Waals surface area (Å²) >= 11 is 0. The molecule has 11 nitrogen and oxygen atoms in total. The average Bonchev–Trinajstić information content (AvgIpc) is 3.37. The van der Waals surface area contributed by atoms with Crippen LogP contribution >= 0.6 is 0 Å². The van der Waals surface area contributed by atoms with Crippen LogP contribution in [0.15, 0.2) is 41.5 Å². The number of H-pyrrole nitrogens is 1. The first-order chi connectivity index (χ1) is 21.5. The van der Waals surface area contributed by atoms with Gasteiger partial charge in [0.05, 0.1) is 34.5 Å². The lowest BCUT2D eigenvalue weighted by molar-refractivity contribution is -0.126. The van der Waals surface area contributed by atoms with E-state index in [0.29, 0.717) is 35.1 Å². The summed E-state index contributed by atoms with van der Waals surface area (Å²) in [6, 6.07) is 10.5. The molecule has 2 amide bonds. The van der Waals surface area contributed by atoms with Crippen LogP contribution in [0.3, 0.4) is 0 Å². The molecule has 11 heteroatoms. The number of likely N-dealkylation sites (tertiary alicyclic amines) is 1. The highest BCUT2D eigenvalue weighted by Gasteiger charge is 2.31. The number of carbonyl (C=O) groups is 2. The lowest BCUT2D eigenvalue weighted by Gasteiger charge is -2.37. The number of nitrogens with zero attached hydrogens (tertiary/aromatic N) is 5. The lowest BCUT2D eigenvalue weighted by Crippen LogP contribution is -2.43. The first-order valence-corrected chi connectivity index (χ1v) is 16.1. The molecule has 45 heavy (non-hydrogen) atoms. The van der Waals surface area contributed by atoms with E-state index in [0.717, 1.165) is 69.2 Å². The number of carbonyl (C=O) groups excluding carboxylic acids is 2. The van der Waals surface area contributed by atoms with Crippen LogP contribution in [0.4, 0.5) is 0 Å². The summed E-state index contributed by atoms with van der Waals surface area (Å²) in [5.41, 5.74) is 2.22. The van der Waals surface area contributed by atoms with Gasteiger partial charge in [-0.3, -0.25) is 14.5 Å². The molecule has 3 N–H and O–H groups in total. The molecular weight excluding hydrogens is 570 g/mol. The van der Waals surface area contributed by atoms with Crippen molar-refractivity contribution < 1.29 is 19.4 Å². The molecule has 1 saturated carbocycles. The molecule has 0 bridgehead atoms. The summed E-state index contributed by atoms with van der Waals surface area (Å²) in [7, 11) is 0. The molecule has 0 unspecified atom stereocenters. The molecule has 240 valence electrons. The lowest BCUT2D eigenvalue weighted by atomic mass is 9.83. The molecule has 3 heterocycles. The molecule has 1 aromatic carbocycles. The SMILES string of the molecule is CC(C)NC(=O)C1CCC(n2/c(=N/C(=O)c3ccc(C#N)cc3)[nH]c3cnc(OCCN4CCC(C(C)(C)O)CC4)cc32)CC1. The van der Waals surface area contributed by atoms with Crippen molar-refractivity contribution in [2.75, 3.05) is 26.2 Å². The van der Waals surface area contributed by atoms with Gasteiger partial charge < -0.3 is 24.7 Å². The van der Waals surface area contributed by atoms with E-state index in [2.05, 4.69) is 35.8 Å². The van der Waals surface area contributed by atoms with Gasteiger partial charge in [0, 0.05) is 36.2 Å². The summed E-state index contributed by atoms with van der Waals surface area (Å²) in [5.74, 6) is 0.451. The van der Waals surface area contributed by atoms with E-state index in [1.54, 1.807) is 30.5 Å². The van der Waals surface area contributed by atoms with Crippen LogP contribution < -0.4 is 15.7 Å². The fourth-order valence-electron chi connectivity index (χ4n) is 6.54. The Morgan fingerprint density at radius 2 is 1.84 bits per heavy atom. The zero-order valence-electron chi connectivity index (χ0n) is 26.8. The molecular formula is C34H45N7O4. The Morgan fingerprint density at radius 1 is 1.16 bits per heavy atom. The van der Waals surface area contributed by atoms with Gasteiger partial charge in [-0.2, -0.15) is 10.3 Å². The molecule has 1 aliphatic heterocycles. The Labute approximate surface area is 264 Å². The number of imidazole rings is 1. The van der Waals surface area contributed by atoms with E-state index < -0.39 is 11.5 Å². The van der Waals surface area contributed by atoms with Crippen LogP contribution in [-0.4, -0.2) is 74.2 Å². The number of aliphatic hydroxyl groups is 1. The maximum atomic E-state index is 13.2. The van der Waals surface area contributed by atoms with Crippen molar-refractivity contribution in [1.29, 1.82) is 5.26 Å². The number of fused-ring (bicyclic) bond motifs is 1. The summed E-state index contributed by atoms with van der Waals surface area (Å²) in [4.78, 5) is 40.6. The summed E-state index contributed by atoms with van der Waals surface area (Å²) in [5, 5.41) is 22.5. The summed E-state index contributed by atoms with van der Waals surface area (Å²) in [6.07, 6.45) is 6.65. The van der Waals surface area contributed by atoms with Crippen molar-refractivity contribution >= 4 is 22.8 Å². The van der Waals surface area contributed by atoms with E-state index in [4.69, 9.17) is 10.00 Å². The summed E-state index contributed by atoms with van der Waals surface area (Å²) in [6.45, 7) is 10.8. The van der Waals surface area contributed by atoms with Gasteiger partial charge in [0.25, 0.3) is 5.91 Å². The Hall–Kier alpha value is -4.01. The number of aromatic nitrogens is 3. The minimum absolute atomic E-state index is 0.0293. The van der Waals surface area contributed by atoms with Gasteiger partial charge >= 0.3 is 0 Å². The molecule has 2 fully saturated rings. The number of nitrogens with one attached hydrogen (secondary N) is 2. The smallest absolute Gasteiger partial charge is 0.280 e. The predicted octanol–water partition coefficient (Wildman–Crippen LogP) is 4.09. The Bertz CT molecular complexity index is 1590. The van der Waals surface area contributed by atoms with Crippen molar-refractivity contribution in [3.8, 4) is 11.9 Å². The van der Waals surface area contributed by atoms with Crippen LogP contribution in [0.25, 0.3) is 11.0 Å². The zero-order chi connectivity index (χ0) is 32.1. The molecule has 2 aromatic heterocycles. The number of amides is 2. The Kier molecular flexibility index (Phi) is 10.0. The number of ether oxygens (including phenoxy) is 1. The molecule has 5 rings (SSSR count). The molecule has 2 aliphatic rings. The zero-order valence-corrected chi connectivity index (χ0v) is 26.8. The van der Waals surface area contributed by atoms with Crippen molar-refractivity contribution in [3.63, 3.8) is 0 Å². The van der Waals surface area contributed by atoms with Crippen LogP contribution in [0, 0.1) is 23.2 Å². The Morgan fingerprint density at radius 3 is 2.47 bits per heavy atom. The van der Waals surface area contributed by atoms with E-state index in [1.807, 2.05) is 33.8 Å². The van der Waals surface area contributed by atoms with Gasteiger partial charge in [0.15, 0.2) is 0 Å². The van der Waals surface area contributed by atoms with Gasteiger partial charge in [-0.15, -0.1) is 0 Å². The first kappa shape index (κ1) is 32.4. The van der Waals surface area contributed by atoms with Crippen LogP contribution in [0.5, 0.6) is 5.88 Å². The summed E-state index contributed by atoms with van der Waals surface area (Å²) < 4.78 is 8.17. The highest BCUT2D eigenvalue weighted by atomic mass is 16.5. The fourth-order valence-corrected chi connectivity index (χ4v) is 6.54. The van der Waals surface area contributed by atoms with E-state index in [1.165, 1.54) is 0 Å². The van der Waals surface area contributed by atoms with E-state index in [-0.39, 0.29) is 23.9 Å². The number of aromatic amines is 1. The minimum Gasteiger partial charge on any atom is -0.476 e. The van der Waals surface area contributed by atoms with Crippen molar-refractivity contribution in [3.05, 3.63) is 53.3 Å². The molecule has 0 atom stereocenters. The fraction of sp³-hybridized carbons (Fsp3) is 0.559. The van der Waals surface area contributed by atoms with Gasteiger partial charge in [-0.25, -0.2) is 4.98 Å². The van der Waals surface area contributed by atoms with Crippen LogP contribution in [0.2, 0.25) is 0 Å². The highest BCUT2D eigenvalue weighted by molar-refractivity contribution is 5.95. The van der Waals surface area contributed by atoms with Crippen LogP contribution in [-0.2, 0) is 4.79 Å². The third-order valence-corrected chi connectivity index (χ3v) is 9.17. The van der Waals surface area contributed by atoms with Gasteiger partial charge in [-0.1, -0.05) is 0 Å². The predicted molar refractivity (Wildman–Crippen MR) is 170 cm³/mol. The van der Waals surface area contributed by atoms with E-state index >= 15 is 0 Å². The maximum Gasteiger partial charge on any atom is 0.280 e. The Balaban J connectivity index is 1.36. The molecule has 0 radical (unpaired) electrons. The second-order valence-electron chi connectivity index (χ2n) is 13.3. The number of rotatable bonds is 9. The molecule has 3 aromatic rings. The number of nitriles is 1. The third kappa shape index (κ3) is 7.99. The maximum absolute atomic E-state index is 13.2. The van der Waals surface area contributed by atoms with Crippen LogP contribution in [0.1, 0.15) is 88.2 Å². The number of hydrogen-bond donors (Lipinski definition) is 3. The minimum atomic E-state index is -0.647. The standard InChI is InChI=1S/C34H45N7O4/c1-22(2)37-31(42)25-9-11-27(12-10-25)41-29-19-30(45-18-17-40-15-13-26(14-16-40)34(3,4)44)36-21-28(29)38-33(41)39-32(43)24-7-5-23(20-35)6-8-24/h5-8,19,21-22,25-27,44H,9-18H2,1-4H3,(H,37,42)(H,38,39,43). The van der Waals surface area contributed by atoms with E-state index in [9.17, 15) is 14.7 Å². The third-order valence-electron chi connectivity index (χ3n) is 9.17. The molecule has 1 saturated heterocycles. The second kappa shape index (κ2) is 14.0. The topological polar surface area (TPSA) is 149 Å². The van der Waals surface area contributed by atoms with Crippen molar-refractivity contribution in [2.24, 2.45) is 16.8 Å². The monoisotopic (exact) mass is 615 g/mol. The van der Waals surface area contributed by atoms with Gasteiger partial charge in [0.1, 0.15) is 6.61 Å². The number of benzene rings is 1. The molecule has 1 aliphatic carbocycles. The number of pyridine rings is 1. The van der Waals surface area contributed by atoms with Crippen molar-refractivity contribution in [1.82, 2.24) is 24.8 Å². The second-order valence-corrected chi connectivity index (χ2v) is 13.3. The first-order valence-electron chi connectivity index (χ1n) is 16.1. The van der Waals surface area contributed by atoms with Gasteiger partial charge in [0.2, 0.25) is 17.4 Å². The van der Waals surface area contributed by atoms with Gasteiger partial charge in [-0.05, 0) is 109 Å². The number of piperidine rings is 1. The largest absolute Gasteiger partial charge is 0.476 e. The average molecular weight is 616 g/mol. The van der Waals surface area contributed by atoms with Crippen molar-refractivity contribution in [2.45, 2.75) is 83.9 Å². The normalized spacial score (nSPS) is 20.3. The quantitative estimate of drug-likeness (QED) is 0.328.